The highest BCUT2D eigenvalue weighted by Gasteiger charge is 2.56. The third-order valence-corrected chi connectivity index (χ3v) is 11.5. The Hall–Kier alpha value is -1.46. The van der Waals surface area contributed by atoms with Gasteiger partial charge in [-0.15, -0.1) is 0 Å². The van der Waals surface area contributed by atoms with E-state index in [4.69, 9.17) is 33.2 Å². The van der Waals surface area contributed by atoms with Crippen LogP contribution in [0.25, 0.3) is 0 Å². The van der Waals surface area contributed by atoms with Crippen LogP contribution >= 0.6 is 0 Å². The second-order valence-electron chi connectivity index (χ2n) is 15.4. The van der Waals surface area contributed by atoms with Crippen molar-refractivity contribution >= 4 is 11.7 Å². The molecule has 4 N–H and O–H groups in total. The molecule has 284 valence electrons. The van der Waals surface area contributed by atoms with Crippen LogP contribution in [0.15, 0.2) is 5.16 Å². The minimum absolute atomic E-state index is 0.197. The fourth-order valence-electron chi connectivity index (χ4n) is 8.09. The van der Waals surface area contributed by atoms with Crippen LogP contribution in [0.4, 0.5) is 0 Å². The summed E-state index contributed by atoms with van der Waals surface area (Å²) in [7, 11) is 5.33. The Morgan fingerprint density at radius 1 is 0.837 bits per heavy atom. The number of nitrogens with zero attached hydrogens (tertiary/aromatic N) is 2. The van der Waals surface area contributed by atoms with Crippen LogP contribution in [-0.2, 0) is 38.0 Å². The molecule has 0 aliphatic carbocycles. The molecule has 4 heterocycles. The van der Waals surface area contributed by atoms with Crippen molar-refractivity contribution in [3.05, 3.63) is 0 Å². The molecule has 14 heteroatoms. The number of methoxy groups -OCH3 is 1. The molecule has 14 nitrogen and oxygen atoms in total. The van der Waals surface area contributed by atoms with Crippen LogP contribution in [0.5, 0.6) is 0 Å². The lowest BCUT2D eigenvalue weighted by molar-refractivity contribution is -0.299. The van der Waals surface area contributed by atoms with Gasteiger partial charge in [-0.05, 0) is 60.5 Å². The van der Waals surface area contributed by atoms with E-state index in [-0.39, 0.29) is 24.5 Å². The molecule has 0 aromatic carbocycles. The van der Waals surface area contributed by atoms with Crippen molar-refractivity contribution in [3.8, 4) is 0 Å². The maximum atomic E-state index is 13.9. The van der Waals surface area contributed by atoms with E-state index in [0.717, 1.165) is 0 Å². The number of carbonyl (C=O) groups is 1. The van der Waals surface area contributed by atoms with Gasteiger partial charge in [-0.2, -0.15) is 0 Å². The summed E-state index contributed by atoms with van der Waals surface area (Å²) in [5.41, 5.74) is -0.637. The summed E-state index contributed by atoms with van der Waals surface area (Å²) in [5, 5.41) is 47.4. The number of ether oxygens (including phenoxy) is 7. The first-order chi connectivity index (χ1) is 23.0. The third-order valence-electron chi connectivity index (χ3n) is 11.5. The average Bonchev–Trinajstić information content (AvgIpc) is 3.82. The lowest BCUT2D eigenvalue weighted by Gasteiger charge is -2.46. The molecule has 0 aromatic rings. The molecule has 0 saturated carbocycles. The fourth-order valence-corrected chi connectivity index (χ4v) is 8.09. The molecule has 49 heavy (non-hydrogen) atoms. The Bertz CT molecular complexity index is 1120. The Balaban J connectivity index is 1.77. The van der Waals surface area contributed by atoms with E-state index >= 15 is 0 Å². The molecule has 0 amide bonds. The minimum Gasteiger partial charge on any atom is -0.462 e. The highest BCUT2D eigenvalue weighted by Crippen LogP contribution is 2.44. The summed E-state index contributed by atoms with van der Waals surface area (Å²) in [5.74, 6) is -3.30. The van der Waals surface area contributed by atoms with Crippen LogP contribution in [0.1, 0.15) is 74.7 Å². The third kappa shape index (κ3) is 8.78. The molecule has 4 aliphatic heterocycles. The van der Waals surface area contributed by atoms with Crippen molar-refractivity contribution in [2.75, 3.05) is 27.8 Å². The van der Waals surface area contributed by atoms with Crippen molar-refractivity contribution in [1.29, 1.82) is 0 Å². The zero-order valence-corrected chi connectivity index (χ0v) is 31.1. The highest BCUT2D eigenvalue weighted by molar-refractivity contribution is 5.96. The Morgan fingerprint density at radius 2 is 1.49 bits per heavy atom. The van der Waals surface area contributed by atoms with Crippen molar-refractivity contribution in [2.45, 2.75) is 154 Å². The number of cyclic esters (lactones) is 1. The Labute approximate surface area is 291 Å². The summed E-state index contributed by atoms with van der Waals surface area (Å²) >= 11 is 0. The molecule has 0 bridgehead atoms. The quantitative estimate of drug-likeness (QED) is 0.137. The summed E-state index contributed by atoms with van der Waals surface area (Å²) in [6, 6.07) is -0.217. The first-order valence-corrected chi connectivity index (χ1v) is 17.9. The van der Waals surface area contributed by atoms with E-state index in [1.165, 1.54) is 7.11 Å². The Kier molecular flexibility index (Phi) is 13.6. The van der Waals surface area contributed by atoms with E-state index in [0.29, 0.717) is 25.2 Å². The summed E-state index contributed by atoms with van der Waals surface area (Å²) in [6.07, 6.45) is -6.97. The Morgan fingerprint density at radius 3 is 2.06 bits per heavy atom. The number of esters is 1. The first kappa shape index (κ1) is 40.3. The number of epoxide rings is 1. The second kappa shape index (κ2) is 16.5. The molecule has 4 aliphatic rings. The van der Waals surface area contributed by atoms with Crippen LogP contribution in [0.3, 0.4) is 0 Å². The lowest BCUT2D eigenvalue weighted by atomic mass is 9.76. The van der Waals surface area contributed by atoms with Gasteiger partial charge in [-0.3, -0.25) is 4.79 Å². The van der Waals surface area contributed by atoms with E-state index in [9.17, 15) is 25.3 Å². The molecule has 0 aromatic heterocycles. The smallest absolute Gasteiger partial charge is 0.311 e. The van der Waals surface area contributed by atoms with Gasteiger partial charge >= 0.3 is 5.97 Å². The maximum Gasteiger partial charge on any atom is 0.311 e. The van der Waals surface area contributed by atoms with Gasteiger partial charge in [0.2, 0.25) is 0 Å². The topological polar surface area (TPSA) is 181 Å². The van der Waals surface area contributed by atoms with Crippen molar-refractivity contribution in [1.82, 2.24) is 4.90 Å². The zero-order valence-electron chi connectivity index (χ0n) is 31.1. The number of hydrogen-bond acceptors (Lipinski definition) is 14. The number of rotatable bonds is 6. The van der Waals surface area contributed by atoms with Crippen LogP contribution in [-0.4, -0.2) is 144 Å². The summed E-state index contributed by atoms with van der Waals surface area (Å²) < 4.78 is 43.3. The van der Waals surface area contributed by atoms with Gasteiger partial charge < -0.3 is 58.6 Å². The fraction of sp³-hybridized carbons (Fsp3) is 0.943. The zero-order chi connectivity index (χ0) is 36.5. The first-order valence-electron chi connectivity index (χ1n) is 17.9. The predicted octanol–water partition coefficient (Wildman–Crippen LogP) is 2.17. The largest absolute Gasteiger partial charge is 0.462 e. The second-order valence-corrected chi connectivity index (χ2v) is 15.4. The van der Waals surface area contributed by atoms with Crippen LogP contribution < -0.4 is 0 Å². The number of aliphatic hydroxyl groups excluding tert-OH is 3. The molecule has 1 spiro atoms. The maximum absolute atomic E-state index is 13.9. The van der Waals surface area contributed by atoms with Gasteiger partial charge in [0.05, 0.1) is 54.9 Å². The summed E-state index contributed by atoms with van der Waals surface area (Å²) in [4.78, 5) is 15.9. The van der Waals surface area contributed by atoms with Crippen molar-refractivity contribution in [3.63, 3.8) is 0 Å². The highest BCUT2D eigenvalue weighted by atomic mass is 16.7. The molecular weight excluding hydrogens is 640 g/mol. The molecule has 18 atom stereocenters. The monoisotopic (exact) mass is 702 g/mol. The van der Waals surface area contributed by atoms with Gasteiger partial charge in [0.25, 0.3) is 0 Å². The number of aliphatic hydroxyl groups is 3. The summed E-state index contributed by atoms with van der Waals surface area (Å²) in [6.45, 7) is 14.9. The van der Waals surface area contributed by atoms with Crippen LogP contribution in [0.2, 0.25) is 0 Å². The number of carbonyl (C=O) groups excluding carboxylic acids is 1. The molecular formula is C35H62N2O12. The van der Waals surface area contributed by atoms with Crippen molar-refractivity contribution < 1.29 is 58.5 Å². The number of hydrogen-bond donors (Lipinski definition) is 4. The van der Waals surface area contributed by atoms with Gasteiger partial charge in [-0.1, -0.05) is 32.9 Å². The lowest BCUT2D eigenvalue weighted by Crippen LogP contribution is -2.57. The molecule has 0 radical (unpaired) electrons. The minimum atomic E-state index is -1.01. The van der Waals surface area contributed by atoms with Gasteiger partial charge in [0.15, 0.2) is 12.6 Å². The normalized spacial score (nSPS) is 49.9. The molecule has 4 rings (SSSR count). The van der Waals surface area contributed by atoms with Gasteiger partial charge in [0, 0.05) is 37.3 Å². The van der Waals surface area contributed by atoms with Crippen LogP contribution in [0, 0.1) is 29.6 Å². The SMILES string of the molecule is CO[C@@H]1C[C@H](O[C@H]2[C@H](C)[C@@H](O[C@@H]3O[C@H](C)C[C@H](N(C)C)[C@@H]3O)[C@@H](C)C[C@@]3(CO3)/C(=N\O)[C@H](C)[C@@H](O)[C@@H](C)[C@@H](C)OC(=O)[C@@H]2C)O[C@@H](C)[C@@H]1O. The van der Waals surface area contributed by atoms with E-state index in [2.05, 4.69) is 5.16 Å². The number of oxime groups is 1. The van der Waals surface area contributed by atoms with Gasteiger partial charge in [0.1, 0.15) is 23.9 Å². The predicted molar refractivity (Wildman–Crippen MR) is 178 cm³/mol. The van der Waals surface area contributed by atoms with E-state index in [1.54, 1.807) is 34.6 Å². The van der Waals surface area contributed by atoms with E-state index < -0.39 is 96.7 Å². The number of likely N-dealkylation sites (N-methyl/N-ethyl adjacent to an activating group) is 1. The van der Waals surface area contributed by atoms with E-state index in [1.807, 2.05) is 39.8 Å². The standard InChI is InChI=1S/C35H62N2O12/c1-16-14-35(15-44-35)32(36-42)19(4)27(38)18(3)22(7)47-33(41)21(6)31(48-26-13-25(43-11)28(39)23(8)46-26)20(5)30(16)49-34-29(40)24(37(9)10)12-17(2)45-34/h16-31,34,38-40,42H,12-15H2,1-11H3/b36-32-/t16-,17+,18-,19+,20+,21+,22+,23-,24-,25+,26-,27-,28-,29-,30-,31-,34-,35+/m0/s1. The molecule has 4 fully saturated rings. The molecule has 4 saturated heterocycles. The molecule has 0 unspecified atom stereocenters. The average molecular weight is 703 g/mol. The van der Waals surface area contributed by atoms with Crippen molar-refractivity contribution in [2.24, 2.45) is 34.7 Å². The van der Waals surface area contributed by atoms with Gasteiger partial charge in [-0.25, -0.2) is 0 Å².